The summed E-state index contributed by atoms with van der Waals surface area (Å²) in [5.41, 5.74) is 1.50. The second kappa shape index (κ2) is 4.21. The molecule has 0 atom stereocenters. The summed E-state index contributed by atoms with van der Waals surface area (Å²) in [4.78, 5) is 10.8. The minimum atomic E-state index is 0.609. The third-order valence-corrected chi connectivity index (χ3v) is 2.94. The van der Waals surface area contributed by atoms with E-state index in [1.807, 2.05) is 18.3 Å². The van der Waals surface area contributed by atoms with Gasteiger partial charge >= 0.3 is 0 Å². The van der Waals surface area contributed by atoms with Gasteiger partial charge < -0.3 is 4.57 Å². The van der Waals surface area contributed by atoms with Crippen LogP contribution in [0.1, 0.15) is 10.5 Å². The average molecular weight is 285 g/mol. The van der Waals surface area contributed by atoms with Crippen LogP contribution in [-0.4, -0.2) is 10.9 Å². The molecule has 1 aromatic carbocycles. The molecule has 0 unspecified atom stereocenters. The highest BCUT2D eigenvalue weighted by Crippen LogP contribution is 2.25. The summed E-state index contributed by atoms with van der Waals surface area (Å²) in [6.07, 6.45) is 2.65. The first kappa shape index (κ1) is 10.5. The molecule has 2 rings (SSSR count). The van der Waals surface area contributed by atoms with E-state index in [0.29, 0.717) is 10.7 Å². The van der Waals surface area contributed by atoms with Crippen LogP contribution in [0, 0.1) is 0 Å². The Morgan fingerprint density at radius 3 is 2.80 bits per heavy atom. The first-order chi connectivity index (χ1) is 7.22. The van der Waals surface area contributed by atoms with Crippen molar-refractivity contribution in [2.75, 3.05) is 0 Å². The minimum absolute atomic E-state index is 0.609. The highest BCUT2D eigenvalue weighted by Gasteiger charge is 2.06. The predicted molar refractivity (Wildman–Crippen MR) is 63.9 cm³/mol. The van der Waals surface area contributed by atoms with Crippen LogP contribution < -0.4 is 0 Å². The SMILES string of the molecule is O=Cc1cccn1-c1ccc(Cl)cc1Br. The third-order valence-electron chi connectivity index (χ3n) is 2.07. The molecule has 0 aliphatic heterocycles. The van der Waals surface area contributed by atoms with Crippen LogP contribution in [-0.2, 0) is 0 Å². The van der Waals surface area contributed by atoms with E-state index in [1.54, 1.807) is 22.8 Å². The first-order valence-corrected chi connectivity index (χ1v) is 5.47. The molecule has 0 bridgehead atoms. The second-order valence-corrected chi connectivity index (χ2v) is 4.31. The zero-order valence-electron chi connectivity index (χ0n) is 7.65. The number of hydrogen-bond donors (Lipinski definition) is 0. The van der Waals surface area contributed by atoms with E-state index >= 15 is 0 Å². The van der Waals surface area contributed by atoms with Gasteiger partial charge in [0, 0.05) is 15.7 Å². The lowest BCUT2D eigenvalue weighted by atomic mass is 10.3. The number of hydrogen-bond acceptors (Lipinski definition) is 1. The number of aromatic nitrogens is 1. The van der Waals surface area contributed by atoms with E-state index in [0.717, 1.165) is 16.4 Å². The summed E-state index contributed by atoms with van der Waals surface area (Å²) in [6, 6.07) is 9.03. The van der Waals surface area contributed by atoms with Crippen molar-refractivity contribution in [3.63, 3.8) is 0 Å². The van der Waals surface area contributed by atoms with E-state index in [9.17, 15) is 4.79 Å². The zero-order chi connectivity index (χ0) is 10.8. The normalized spacial score (nSPS) is 10.3. The standard InChI is InChI=1S/C11H7BrClNO/c12-10-6-8(13)3-4-11(10)14-5-1-2-9(14)7-15/h1-7H. The maximum Gasteiger partial charge on any atom is 0.166 e. The summed E-state index contributed by atoms with van der Waals surface area (Å²) >= 11 is 9.25. The van der Waals surface area contributed by atoms with Gasteiger partial charge in [-0.3, -0.25) is 4.79 Å². The van der Waals surface area contributed by atoms with E-state index in [1.165, 1.54) is 0 Å². The van der Waals surface area contributed by atoms with Gasteiger partial charge in [0.15, 0.2) is 6.29 Å². The number of aldehydes is 1. The molecule has 0 N–H and O–H groups in total. The maximum absolute atomic E-state index is 10.8. The van der Waals surface area contributed by atoms with Crippen LogP contribution in [0.15, 0.2) is 41.0 Å². The smallest absolute Gasteiger partial charge is 0.166 e. The van der Waals surface area contributed by atoms with E-state index in [2.05, 4.69) is 15.9 Å². The summed E-state index contributed by atoms with van der Waals surface area (Å²) in [5, 5.41) is 0.658. The van der Waals surface area contributed by atoms with Crippen molar-refractivity contribution in [2.45, 2.75) is 0 Å². The number of halogens is 2. The second-order valence-electron chi connectivity index (χ2n) is 3.02. The molecule has 2 nitrogen and oxygen atoms in total. The molecular weight excluding hydrogens is 277 g/mol. The summed E-state index contributed by atoms with van der Waals surface area (Å²) in [6.45, 7) is 0. The Morgan fingerprint density at radius 1 is 1.33 bits per heavy atom. The molecule has 1 aromatic heterocycles. The number of rotatable bonds is 2. The topological polar surface area (TPSA) is 22.0 Å². The molecule has 15 heavy (non-hydrogen) atoms. The van der Waals surface area contributed by atoms with Gasteiger partial charge in [0.1, 0.15) is 0 Å². The first-order valence-electron chi connectivity index (χ1n) is 4.30. The Kier molecular flexibility index (Phi) is 2.93. The van der Waals surface area contributed by atoms with Crippen molar-refractivity contribution in [3.8, 4) is 5.69 Å². The molecule has 2 aromatic rings. The number of carbonyl (C=O) groups excluding carboxylic acids is 1. The van der Waals surface area contributed by atoms with E-state index in [4.69, 9.17) is 11.6 Å². The quantitative estimate of drug-likeness (QED) is 0.771. The molecule has 4 heteroatoms. The Hall–Kier alpha value is -1.06. The van der Waals surface area contributed by atoms with Crippen molar-refractivity contribution in [1.82, 2.24) is 4.57 Å². The number of carbonyl (C=O) groups is 1. The summed E-state index contributed by atoms with van der Waals surface area (Å²) in [7, 11) is 0. The molecule has 0 radical (unpaired) electrons. The number of benzene rings is 1. The molecular formula is C11H7BrClNO. The Morgan fingerprint density at radius 2 is 2.13 bits per heavy atom. The Labute approximate surface area is 101 Å². The van der Waals surface area contributed by atoms with Crippen LogP contribution in [0.4, 0.5) is 0 Å². The molecule has 0 fully saturated rings. The summed E-state index contributed by atoms with van der Waals surface area (Å²) < 4.78 is 2.65. The van der Waals surface area contributed by atoms with E-state index in [-0.39, 0.29) is 0 Å². The molecule has 0 aliphatic carbocycles. The monoisotopic (exact) mass is 283 g/mol. The van der Waals surface area contributed by atoms with Crippen molar-refractivity contribution < 1.29 is 4.79 Å². The molecule has 0 saturated carbocycles. The average Bonchev–Trinajstić information content (AvgIpc) is 2.65. The van der Waals surface area contributed by atoms with Gasteiger partial charge in [-0.05, 0) is 46.3 Å². The fourth-order valence-electron chi connectivity index (χ4n) is 1.39. The van der Waals surface area contributed by atoms with Crippen LogP contribution in [0.3, 0.4) is 0 Å². The highest BCUT2D eigenvalue weighted by atomic mass is 79.9. The predicted octanol–water partition coefficient (Wildman–Crippen LogP) is 3.71. The van der Waals surface area contributed by atoms with Gasteiger partial charge in [0.05, 0.1) is 11.4 Å². The minimum Gasteiger partial charge on any atom is -0.313 e. The van der Waals surface area contributed by atoms with Crippen molar-refractivity contribution in [2.24, 2.45) is 0 Å². The molecule has 0 aliphatic rings. The van der Waals surface area contributed by atoms with Gasteiger partial charge in [0.25, 0.3) is 0 Å². The van der Waals surface area contributed by atoms with E-state index < -0.39 is 0 Å². The number of nitrogens with zero attached hydrogens (tertiary/aromatic N) is 1. The Bertz CT molecular complexity index is 507. The fraction of sp³-hybridized carbons (Fsp3) is 0. The van der Waals surface area contributed by atoms with Gasteiger partial charge in [-0.2, -0.15) is 0 Å². The van der Waals surface area contributed by atoms with Gasteiger partial charge in [-0.15, -0.1) is 0 Å². The lowest BCUT2D eigenvalue weighted by molar-refractivity contribution is 0.111. The van der Waals surface area contributed by atoms with Crippen LogP contribution in [0.2, 0.25) is 5.02 Å². The molecule has 0 amide bonds. The van der Waals surface area contributed by atoms with Gasteiger partial charge in [-0.25, -0.2) is 0 Å². The fourth-order valence-corrected chi connectivity index (χ4v) is 2.26. The molecule has 0 saturated heterocycles. The van der Waals surface area contributed by atoms with Crippen LogP contribution in [0.5, 0.6) is 0 Å². The maximum atomic E-state index is 10.8. The van der Waals surface area contributed by atoms with Crippen molar-refractivity contribution >= 4 is 33.8 Å². The lowest BCUT2D eigenvalue weighted by Crippen LogP contribution is -1.98. The molecule has 76 valence electrons. The van der Waals surface area contributed by atoms with Crippen LogP contribution in [0.25, 0.3) is 5.69 Å². The van der Waals surface area contributed by atoms with Crippen molar-refractivity contribution in [3.05, 3.63) is 51.7 Å². The van der Waals surface area contributed by atoms with Gasteiger partial charge in [-0.1, -0.05) is 11.6 Å². The summed E-state index contributed by atoms with van der Waals surface area (Å²) in [5.74, 6) is 0. The largest absolute Gasteiger partial charge is 0.313 e. The Balaban J connectivity index is 2.59. The third kappa shape index (κ3) is 1.98. The molecule has 1 heterocycles. The lowest BCUT2D eigenvalue weighted by Gasteiger charge is -2.07. The van der Waals surface area contributed by atoms with Crippen LogP contribution >= 0.6 is 27.5 Å². The van der Waals surface area contributed by atoms with Gasteiger partial charge in [0.2, 0.25) is 0 Å². The highest BCUT2D eigenvalue weighted by molar-refractivity contribution is 9.10. The molecule has 0 spiro atoms. The zero-order valence-corrected chi connectivity index (χ0v) is 9.99. The van der Waals surface area contributed by atoms with Crippen molar-refractivity contribution in [1.29, 1.82) is 0 Å².